The van der Waals surface area contributed by atoms with Crippen molar-refractivity contribution in [2.24, 2.45) is 0 Å². The predicted molar refractivity (Wildman–Crippen MR) is 69.1 cm³/mol. The number of halogens is 2. The molecule has 0 unspecified atom stereocenters. The average molecular weight is 294 g/mol. The Bertz CT molecular complexity index is 575. The number of sulfonamides is 1. The van der Waals surface area contributed by atoms with Gasteiger partial charge in [-0.15, -0.1) is 0 Å². The van der Waals surface area contributed by atoms with Gasteiger partial charge in [-0.2, -0.15) is 0 Å². The van der Waals surface area contributed by atoms with Gasteiger partial charge in [-0.1, -0.05) is 0 Å². The molecule has 1 rings (SSSR count). The Balaban J connectivity index is 2.79. The van der Waals surface area contributed by atoms with Crippen molar-refractivity contribution >= 4 is 21.7 Å². The Morgan fingerprint density at radius 1 is 1.37 bits per heavy atom. The molecule has 1 heterocycles. The Morgan fingerprint density at radius 3 is 2.47 bits per heavy atom. The first-order chi connectivity index (χ1) is 8.50. The van der Waals surface area contributed by atoms with Gasteiger partial charge in [0.05, 0.1) is 6.26 Å². The van der Waals surface area contributed by atoms with Crippen LogP contribution in [0.5, 0.6) is 0 Å². The number of aromatic nitrogens is 1. The van der Waals surface area contributed by atoms with Gasteiger partial charge in [0.1, 0.15) is 0 Å². The van der Waals surface area contributed by atoms with Crippen LogP contribution in [0.3, 0.4) is 0 Å². The van der Waals surface area contributed by atoms with E-state index >= 15 is 0 Å². The molecule has 1 aromatic rings. The number of hydrogen-bond donors (Lipinski definition) is 3. The zero-order valence-corrected chi connectivity index (χ0v) is 11.6. The quantitative estimate of drug-likeness (QED) is 0.742. The standard InChI is InChI=1S/C10H16F2N4O2S/c1-10(2,16-19(3,17)18)5-14-9-7(12)4-6(11)8(13)15-9/h4,16H,5H2,1-3H3,(H3,13,14,15). The monoisotopic (exact) mass is 294 g/mol. The number of nitrogens with two attached hydrogens (primary N) is 1. The minimum Gasteiger partial charge on any atom is -0.381 e. The lowest BCUT2D eigenvalue weighted by molar-refractivity contribution is 0.474. The molecule has 19 heavy (non-hydrogen) atoms. The molecule has 0 atom stereocenters. The summed E-state index contributed by atoms with van der Waals surface area (Å²) in [4.78, 5) is 3.51. The van der Waals surface area contributed by atoms with Gasteiger partial charge >= 0.3 is 0 Å². The minimum absolute atomic E-state index is 0.0507. The van der Waals surface area contributed by atoms with Crippen LogP contribution in [-0.2, 0) is 10.0 Å². The van der Waals surface area contributed by atoms with Crippen LogP contribution < -0.4 is 15.8 Å². The molecule has 1 aromatic heterocycles. The summed E-state index contributed by atoms with van der Waals surface area (Å²) in [7, 11) is -3.40. The van der Waals surface area contributed by atoms with Crippen LogP contribution in [0, 0.1) is 11.6 Å². The molecule has 9 heteroatoms. The van der Waals surface area contributed by atoms with Gasteiger partial charge < -0.3 is 11.1 Å². The van der Waals surface area contributed by atoms with Gasteiger partial charge in [-0.25, -0.2) is 26.9 Å². The highest BCUT2D eigenvalue weighted by atomic mass is 32.2. The molecular formula is C10H16F2N4O2S. The van der Waals surface area contributed by atoms with Gasteiger partial charge in [-0.05, 0) is 13.8 Å². The van der Waals surface area contributed by atoms with Gasteiger partial charge in [0, 0.05) is 18.2 Å². The summed E-state index contributed by atoms with van der Waals surface area (Å²) in [6, 6.07) is 0.613. The van der Waals surface area contributed by atoms with E-state index in [1.807, 2.05) is 0 Å². The predicted octanol–water partition coefficient (Wildman–Crippen LogP) is 0.682. The van der Waals surface area contributed by atoms with E-state index in [9.17, 15) is 17.2 Å². The highest BCUT2D eigenvalue weighted by Gasteiger charge is 2.22. The molecule has 0 aliphatic rings. The second-order valence-electron chi connectivity index (χ2n) is 4.80. The van der Waals surface area contributed by atoms with E-state index in [4.69, 9.17) is 5.73 Å². The Hall–Kier alpha value is -1.48. The van der Waals surface area contributed by atoms with Crippen molar-refractivity contribution in [3.05, 3.63) is 17.7 Å². The second-order valence-corrected chi connectivity index (χ2v) is 6.55. The molecule has 0 fully saturated rings. The van der Waals surface area contributed by atoms with Crippen LogP contribution in [0.25, 0.3) is 0 Å². The van der Waals surface area contributed by atoms with Gasteiger partial charge in [0.15, 0.2) is 23.3 Å². The SMILES string of the molecule is CC(C)(CNc1nc(N)c(F)cc1F)NS(C)(=O)=O. The molecular weight excluding hydrogens is 278 g/mol. The Kier molecular flexibility index (Phi) is 4.31. The zero-order valence-electron chi connectivity index (χ0n) is 10.8. The van der Waals surface area contributed by atoms with Crippen LogP contribution >= 0.6 is 0 Å². The molecule has 0 saturated heterocycles. The number of pyridine rings is 1. The molecule has 0 spiro atoms. The van der Waals surface area contributed by atoms with Crippen molar-refractivity contribution in [1.29, 1.82) is 0 Å². The van der Waals surface area contributed by atoms with E-state index < -0.39 is 33.0 Å². The highest BCUT2D eigenvalue weighted by molar-refractivity contribution is 7.88. The molecule has 6 nitrogen and oxygen atoms in total. The first-order valence-electron chi connectivity index (χ1n) is 5.34. The first-order valence-corrected chi connectivity index (χ1v) is 7.24. The third-order valence-electron chi connectivity index (χ3n) is 2.12. The number of rotatable bonds is 5. The van der Waals surface area contributed by atoms with Crippen LogP contribution in [-0.4, -0.2) is 31.7 Å². The van der Waals surface area contributed by atoms with Crippen LogP contribution in [0.1, 0.15) is 13.8 Å². The molecule has 4 N–H and O–H groups in total. The smallest absolute Gasteiger partial charge is 0.209 e. The number of nitrogens with zero attached hydrogens (tertiary/aromatic N) is 1. The summed E-state index contributed by atoms with van der Waals surface area (Å²) in [5.74, 6) is -2.52. The molecule has 0 aromatic carbocycles. The average Bonchev–Trinajstić information content (AvgIpc) is 2.18. The third kappa shape index (κ3) is 4.95. The minimum atomic E-state index is -3.40. The Labute approximate surface area is 110 Å². The van der Waals surface area contributed by atoms with E-state index in [2.05, 4.69) is 15.0 Å². The van der Waals surface area contributed by atoms with Gasteiger partial charge in [0.2, 0.25) is 10.0 Å². The molecule has 0 aliphatic carbocycles. The van der Waals surface area contributed by atoms with E-state index in [0.717, 1.165) is 6.26 Å². The summed E-state index contributed by atoms with van der Waals surface area (Å²) >= 11 is 0. The zero-order chi connectivity index (χ0) is 14.8. The van der Waals surface area contributed by atoms with Crippen molar-refractivity contribution < 1.29 is 17.2 Å². The van der Waals surface area contributed by atoms with Crippen molar-refractivity contribution in [2.75, 3.05) is 23.9 Å². The largest absolute Gasteiger partial charge is 0.381 e. The number of anilines is 2. The fourth-order valence-corrected chi connectivity index (χ4v) is 2.52. The molecule has 0 saturated carbocycles. The summed E-state index contributed by atoms with van der Waals surface area (Å²) in [6.07, 6.45) is 1.02. The number of nitrogens with one attached hydrogen (secondary N) is 2. The summed E-state index contributed by atoms with van der Waals surface area (Å²) in [6.45, 7) is 3.26. The Morgan fingerprint density at radius 2 is 1.95 bits per heavy atom. The first kappa shape index (κ1) is 15.6. The maximum Gasteiger partial charge on any atom is 0.209 e. The van der Waals surface area contributed by atoms with Crippen molar-refractivity contribution in [3.63, 3.8) is 0 Å². The van der Waals surface area contributed by atoms with Crippen molar-refractivity contribution in [2.45, 2.75) is 19.4 Å². The van der Waals surface area contributed by atoms with E-state index in [1.54, 1.807) is 13.8 Å². The van der Waals surface area contributed by atoms with Crippen LogP contribution in [0.2, 0.25) is 0 Å². The highest BCUT2D eigenvalue weighted by Crippen LogP contribution is 2.17. The molecule has 0 amide bonds. The lowest BCUT2D eigenvalue weighted by Crippen LogP contribution is -2.47. The molecule has 108 valence electrons. The maximum atomic E-state index is 13.4. The van der Waals surface area contributed by atoms with Crippen LogP contribution in [0.4, 0.5) is 20.4 Å². The number of nitrogen functional groups attached to an aromatic ring is 1. The third-order valence-corrected chi connectivity index (χ3v) is 3.04. The topological polar surface area (TPSA) is 97.1 Å². The van der Waals surface area contributed by atoms with E-state index in [1.165, 1.54) is 0 Å². The van der Waals surface area contributed by atoms with Crippen LogP contribution in [0.15, 0.2) is 6.07 Å². The maximum absolute atomic E-state index is 13.4. The normalized spacial score (nSPS) is 12.5. The van der Waals surface area contributed by atoms with E-state index in [0.29, 0.717) is 6.07 Å². The van der Waals surface area contributed by atoms with E-state index in [-0.39, 0.29) is 12.4 Å². The van der Waals surface area contributed by atoms with Gasteiger partial charge in [0.25, 0.3) is 0 Å². The summed E-state index contributed by atoms with van der Waals surface area (Å²) in [5.41, 5.74) is 4.36. The number of hydrogen-bond acceptors (Lipinski definition) is 5. The summed E-state index contributed by atoms with van der Waals surface area (Å²) < 4.78 is 50.9. The van der Waals surface area contributed by atoms with Crippen molar-refractivity contribution in [3.8, 4) is 0 Å². The van der Waals surface area contributed by atoms with Crippen molar-refractivity contribution in [1.82, 2.24) is 9.71 Å². The molecule has 0 aliphatic heterocycles. The molecule has 0 bridgehead atoms. The molecule has 0 radical (unpaired) electrons. The second kappa shape index (κ2) is 5.25. The lowest BCUT2D eigenvalue weighted by atomic mass is 10.1. The lowest BCUT2D eigenvalue weighted by Gasteiger charge is -2.25. The fourth-order valence-electron chi connectivity index (χ4n) is 1.45. The fraction of sp³-hybridized carbons (Fsp3) is 0.500. The van der Waals surface area contributed by atoms with Gasteiger partial charge in [-0.3, -0.25) is 0 Å². The summed E-state index contributed by atoms with van der Waals surface area (Å²) in [5, 5.41) is 2.58.